The fourth-order valence-corrected chi connectivity index (χ4v) is 7.95. The van der Waals surface area contributed by atoms with Crippen LogP contribution in [0.1, 0.15) is 57.3 Å². The molecule has 0 fully saturated rings. The molecule has 0 bridgehead atoms. The number of pyridine rings is 3. The van der Waals surface area contributed by atoms with Crippen LogP contribution in [0.2, 0.25) is 0 Å². The number of hydrogen-bond acceptors (Lipinski definition) is 7. The quantitative estimate of drug-likeness (QED) is 0.105. The molecule has 0 atom stereocenters. The van der Waals surface area contributed by atoms with Crippen LogP contribution < -0.4 is 9.80 Å². The first-order valence-electron chi connectivity index (χ1n) is 19.6. The minimum absolute atomic E-state index is 0. The molecule has 0 radical (unpaired) electrons. The van der Waals surface area contributed by atoms with Crippen LogP contribution in [0.4, 0.5) is 22.7 Å². The third kappa shape index (κ3) is 7.15. The summed E-state index contributed by atoms with van der Waals surface area (Å²) in [4.78, 5) is 44.7. The van der Waals surface area contributed by atoms with E-state index in [1.165, 1.54) is 13.8 Å². The van der Waals surface area contributed by atoms with E-state index in [4.69, 9.17) is 15.0 Å². The molecule has 298 valence electrons. The predicted octanol–water partition coefficient (Wildman–Crippen LogP) is 11.4. The summed E-state index contributed by atoms with van der Waals surface area (Å²) in [5, 5.41) is 2.08. The fourth-order valence-electron chi connectivity index (χ4n) is 7.95. The Morgan fingerprint density at radius 2 is 1.13 bits per heavy atom. The molecule has 9 aromatic rings. The molecular formula is C52H35N6O2Pt-3. The van der Waals surface area contributed by atoms with Gasteiger partial charge in [-0.05, 0) is 83.2 Å². The Morgan fingerprint density at radius 3 is 1.82 bits per heavy atom. The van der Waals surface area contributed by atoms with Crippen LogP contribution in [-0.4, -0.2) is 31.1 Å². The van der Waals surface area contributed by atoms with Crippen LogP contribution in [0.5, 0.6) is 0 Å². The van der Waals surface area contributed by atoms with Crippen molar-refractivity contribution in [1.29, 1.82) is 0 Å². The van der Waals surface area contributed by atoms with Crippen LogP contribution in [-0.2, 0) is 21.1 Å². The van der Waals surface area contributed by atoms with Gasteiger partial charge in [-0.2, -0.15) is 0 Å². The maximum atomic E-state index is 12.9. The number of aromatic nitrogens is 4. The summed E-state index contributed by atoms with van der Waals surface area (Å²) in [5.74, 6) is 0.418. The zero-order valence-corrected chi connectivity index (χ0v) is 35.3. The van der Waals surface area contributed by atoms with Crippen LogP contribution in [0, 0.1) is 18.8 Å². The average molecular weight is 971 g/mol. The van der Waals surface area contributed by atoms with Gasteiger partial charge in [0.2, 0.25) is 0 Å². The molecule has 0 amide bonds. The maximum Gasteiger partial charge on any atom is 0.178 e. The standard InChI is InChI=1S/C52H35N6O2.Pt/c1-34(59)42-20-13-22-44(54-42)52(45-23-14-21-43(55-45)35(2)60)51(37-28-29-41-40-19-6-7-24-46(40)58(49(41)32-37)50-27-10-11-30-53-50)36-15-12-18-39(31-36)57-33-56(38-16-4-3-5-17-38)47-25-8-9-26-48(47)57;/h3-30,33H,1-2H3;/q-3;. The number of nitrogens with zero attached hydrogens (tertiary/aromatic N) is 6. The van der Waals surface area contributed by atoms with Crippen molar-refractivity contribution in [2.45, 2.75) is 13.8 Å². The number of Topliss-reactive ketones (excluding diaryl/α,β-unsaturated/α-hetero) is 2. The van der Waals surface area contributed by atoms with Crippen LogP contribution >= 0.6 is 0 Å². The molecule has 1 aliphatic rings. The van der Waals surface area contributed by atoms with Gasteiger partial charge in [-0.1, -0.05) is 83.4 Å². The van der Waals surface area contributed by atoms with Gasteiger partial charge < -0.3 is 14.4 Å². The molecule has 0 aliphatic carbocycles. The van der Waals surface area contributed by atoms with Crippen molar-refractivity contribution < 1.29 is 30.7 Å². The van der Waals surface area contributed by atoms with E-state index in [1.807, 2.05) is 103 Å². The molecule has 0 spiro atoms. The van der Waals surface area contributed by atoms with Gasteiger partial charge in [-0.3, -0.25) is 9.59 Å². The van der Waals surface area contributed by atoms with Gasteiger partial charge in [0.05, 0.1) is 11.4 Å². The minimum atomic E-state index is -0.171. The van der Waals surface area contributed by atoms with Crippen molar-refractivity contribution in [3.63, 3.8) is 0 Å². The normalized spacial score (nSPS) is 12.0. The van der Waals surface area contributed by atoms with E-state index in [1.54, 1.807) is 18.3 Å². The van der Waals surface area contributed by atoms with Gasteiger partial charge in [-0.25, -0.2) is 15.0 Å². The van der Waals surface area contributed by atoms with E-state index in [0.29, 0.717) is 33.9 Å². The summed E-state index contributed by atoms with van der Waals surface area (Å²) < 4.78 is 2.13. The van der Waals surface area contributed by atoms with Gasteiger partial charge in [0.25, 0.3) is 0 Å². The number of hydrogen-bond donors (Lipinski definition) is 0. The Balaban J connectivity index is 0.00000476. The Morgan fingerprint density at radius 1 is 0.525 bits per heavy atom. The molecule has 61 heavy (non-hydrogen) atoms. The van der Waals surface area contributed by atoms with Crippen molar-refractivity contribution in [2.75, 3.05) is 9.80 Å². The summed E-state index contributed by atoms with van der Waals surface area (Å²) in [6, 6.07) is 61.4. The third-order valence-electron chi connectivity index (χ3n) is 10.7. The second kappa shape index (κ2) is 16.4. The monoisotopic (exact) mass is 970 g/mol. The summed E-state index contributed by atoms with van der Waals surface area (Å²) in [7, 11) is 0. The number of carbonyl (C=O) groups is 2. The number of benzene rings is 5. The summed E-state index contributed by atoms with van der Waals surface area (Å²) >= 11 is 0. The average Bonchev–Trinajstić information content (AvgIpc) is 3.85. The first-order valence-corrected chi connectivity index (χ1v) is 19.6. The molecule has 5 aromatic carbocycles. The topological polar surface area (TPSA) is 84.2 Å². The van der Waals surface area contributed by atoms with E-state index in [9.17, 15) is 9.59 Å². The molecule has 0 saturated carbocycles. The zero-order valence-electron chi connectivity index (χ0n) is 33.1. The minimum Gasteiger partial charge on any atom is -0.488 e. The number of para-hydroxylation sites is 4. The van der Waals surface area contributed by atoms with Crippen molar-refractivity contribution in [3.8, 4) is 5.82 Å². The third-order valence-corrected chi connectivity index (χ3v) is 10.7. The van der Waals surface area contributed by atoms with Crippen LogP contribution in [0.3, 0.4) is 0 Å². The largest absolute Gasteiger partial charge is 0.488 e. The number of ketones is 2. The van der Waals surface area contributed by atoms with Gasteiger partial charge >= 0.3 is 0 Å². The molecule has 4 aromatic heterocycles. The van der Waals surface area contributed by atoms with E-state index >= 15 is 0 Å². The van der Waals surface area contributed by atoms with E-state index < -0.39 is 0 Å². The predicted molar refractivity (Wildman–Crippen MR) is 238 cm³/mol. The second-order valence-electron chi connectivity index (χ2n) is 14.5. The SMILES string of the molecule is CC(=O)c1cccc(C(=C(c2[c-]c(N3[CH-]N(c4ccccc4)c4ccccc43)ccc2)c2[c-]c3c(cc2)c2ccccc2n3-c2ccccn2)c2cccc(C(C)=O)n2)n1.[Pt]. The molecule has 5 heterocycles. The summed E-state index contributed by atoms with van der Waals surface area (Å²) in [5.41, 5.74) is 10.1. The van der Waals surface area contributed by atoms with E-state index in [2.05, 4.69) is 81.7 Å². The number of anilines is 4. The van der Waals surface area contributed by atoms with E-state index in [0.717, 1.165) is 61.5 Å². The van der Waals surface area contributed by atoms with Crippen molar-refractivity contribution >= 4 is 67.3 Å². The first kappa shape index (κ1) is 39.2. The molecular weight excluding hydrogens is 936 g/mol. The first-order chi connectivity index (χ1) is 29.4. The van der Waals surface area contributed by atoms with Crippen molar-refractivity contribution in [2.24, 2.45) is 0 Å². The molecule has 8 nitrogen and oxygen atoms in total. The molecule has 1 aliphatic heterocycles. The van der Waals surface area contributed by atoms with Gasteiger partial charge in [0.15, 0.2) is 11.6 Å². The van der Waals surface area contributed by atoms with Gasteiger partial charge in [0, 0.05) is 63.7 Å². The zero-order chi connectivity index (χ0) is 40.7. The Labute approximate surface area is 367 Å². The van der Waals surface area contributed by atoms with E-state index in [-0.39, 0.29) is 32.6 Å². The molecule has 0 saturated heterocycles. The van der Waals surface area contributed by atoms with Gasteiger partial charge in [-0.15, -0.1) is 60.3 Å². The van der Waals surface area contributed by atoms with Gasteiger partial charge in [0.1, 0.15) is 17.2 Å². The van der Waals surface area contributed by atoms with Crippen molar-refractivity contribution in [1.82, 2.24) is 19.5 Å². The fraction of sp³-hybridized carbons (Fsp3) is 0.0385. The maximum absolute atomic E-state index is 12.9. The smallest absolute Gasteiger partial charge is 0.178 e. The number of fused-ring (bicyclic) bond motifs is 4. The van der Waals surface area contributed by atoms with Crippen molar-refractivity contribution in [3.05, 3.63) is 223 Å². The number of carbonyl (C=O) groups excluding carboxylic acids is 2. The molecule has 10 rings (SSSR count). The molecule has 0 unspecified atom stereocenters. The summed E-state index contributed by atoms with van der Waals surface area (Å²) in [6.07, 6.45) is 1.79. The van der Waals surface area contributed by atoms with Crippen LogP contribution in [0.15, 0.2) is 170 Å². The molecule has 9 heteroatoms. The summed E-state index contributed by atoms with van der Waals surface area (Å²) in [6.45, 7) is 5.09. The van der Waals surface area contributed by atoms with Crippen LogP contribution in [0.25, 0.3) is 38.8 Å². The molecule has 0 N–H and O–H groups in total. The number of rotatable bonds is 9. The Hall–Kier alpha value is -7.28. The Bertz CT molecular complexity index is 3100. The Kier molecular flexibility index (Phi) is 10.5. The second-order valence-corrected chi connectivity index (χ2v) is 14.5.